The van der Waals surface area contributed by atoms with E-state index in [1.54, 1.807) is 0 Å². The molecule has 2 aliphatic carbocycles. The molecule has 1 spiro atoms. The highest BCUT2D eigenvalue weighted by molar-refractivity contribution is 9.09. The van der Waals surface area contributed by atoms with Crippen LogP contribution in [-0.4, -0.2) is 23.1 Å². The van der Waals surface area contributed by atoms with Crippen molar-refractivity contribution in [2.24, 2.45) is 11.3 Å². The summed E-state index contributed by atoms with van der Waals surface area (Å²) in [5, 5.41) is 4.08. The van der Waals surface area contributed by atoms with Gasteiger partial charge in [-0.05, 0) is 57.8 Å². The molecule has 2 fully saturated rings. The number of hydrogen-bond acceptors (Lipinski definition) is 2. The Labute approximate surface area is 112 Å². The minimum absolute atomic E-state index is 0.270. The number of alkyl carbamates (subject to hydrolysis) is 1. The van der Waals surface area contributed by atoms with Gasteiger partial charge in [-0.1, -0.05) is 15.9 Å². The van der Waals surface area contributed by atoms with E-state index in [0.717, 1.165) is 24.1 Å². The van der Waals surface area contributed by atoms with Crippen LogP contribution in [0.25, 0.3) is 0 Å². The van der Waals surface area contributed by atoms with E-state index in [2.05, 4.69) is 21.2 Å². The molecule has 0 radical (unpaired) electrons. The SMILES string of the molecule is CC(C)(C)OC(=O)NC1CC2(CC(CBr)C2)C1. The van der Waals surface area contributed by atoms with Crippen LogP contribution in [0.2, 0.25) is 0 Å². The summed E-state index contributed by atoms with van der Waals surface area (Å²) in [6.07, 6.45) is 4.65. The number of nitrogens with one attached hydrogen (secondary N) is 1. The summed E-state index contributed by atoms with van der Waals surface area (Å²) in [4.78, 5) is 11.6. The molecule has 2 rings (SSSR count). The Kier molecular flexibility index (Phi) is 3.45. The van der Waals surface area contributed by atoms with Crippen molar-refractivity contribution in [1.29, 1.82) is 0 Å². The van der Waals surface area contributed by atoms with Gasteiger partial charge in [-0.15, -0.1) is 0 Å². The molecule has 1 amide bonds. The van der Waals surface area contributed by atoms with Gasteiger partial charge in [0.1, 0.15) is 5.60 Å². The van der Waals surface area contributed by atoms with Crippen molar-refractivity contribution in [2.75, 3.05) is 5.33 Å². The Morgan fingerprint density at radius 1 is 1.35 bits per heavy atom. The number of alkyl halides is 1. The van der Waals surface area contributed by atoms with Gasteiger partial charge in [0.25, 0.3) is 0 Å². The quantitative estimate of drug-likeness (QED) is 0.793. The van der Waals surface area contributed by atoms with Crippen molar-refractivity contribution in [3.8, 4) is 0 Å². The van der Waals surface area contributed by atoms with Crippen LogP contribution in [0.4, 0.5) is 4.79 Å². The fourth-order valence-electron chi connectivity index (χ4n) is 3.17. The Bertz CT molecular complexity index is 297. The highest BCUT2D eigenvalue weighted by Gasteiger charge is 2.52. The Hall–Kier alpha value is -0.250. The first-order chi connectivity index (χ1) is 7.82. The first-order valence-electron chi connectivity index (χ1n) is 6.37. The number of rotatable bonds is 2. The first-order valence-corrected chi connectivity index (χ1v) is 7.50. The molecule has 98 valence electrons. The van der Waals surface area contributed by atoms with Gasteiger partial charge in [0, 0.05) is 11.4 Å². The van der Waals surface area contributed by atoms with Gasteiger partial charge >= 0.3 is 6.09 Å². The molecule has 0 saturated heterocycles. The molecule has 0 atom stereocenters. The minimum atomic E-state index is -0.400. The predicted octanol–water partition coefficient (Wildman–Crippen LogP) is 3.46. The van der Waals surface area contributed by atoms with Gasteiger partial charge in [-0.3, -0.25) is 0 Å². The molecule has 0 aromatic heterocycles. The molecule has 2 aliphatic rings. The number of halogens is 1. The van der Waals surface area contributed by atoms with E-state index in [1.807, 2.05) is 20.8 Å². The van der Waals surface area contributed by atoms with Gasteiger partial charge < -0.3 is 10.1 Å². The third-order valence-electron chi connectivity index (χ3n) is 3.74. The standard InChI is InChI=1S/C13H22BrNO2/c1-12(2,3)17-11(16)15-10-6-13(7-10)4-9(5-13)8-14/h9-10H,4-8H2,1-3H3,(H,15,16). The van der Waals surface area contributed by atoms with E-state index >= 15 is 0 Å². The molecule has 0 aliphatic heterocycles. The van der Waals surface area contributed by atoms with Gasteiger partial charge in [-0.25, -0.2) is 4.79 Å². The number of carbonyl (C=O) groups is 1. The molecule has 0 aromatic rings. The fraction of sp³-hybridized carbons (Fsp3) is 0.923. The second kappa shape index (κ2) is 4.45. The second-order valence-electron chi connectivity index (χ2n) is 6.68. The zero-order chi connectivity index (χ0) is 12.7. The van der Waals surface area contributed by atoms with E-state index < -0.39 is 5.60 Å². The number of amides is 1. The lowest BCUT2D eigenvalue weighted by molar-refractivity contribution is -0.0425. The molecule has 0 bridgehead atoms. The topological polar surface area (TPSA) is 38.3 Å². The number of ether oxygens (including phenoxy) is 1. The number of carbonyl (C=O) groups excluding carboxylic acids is 1. The van der Waals surface area contributed by atoms with Crippen LogP contribution in [-0.2, 0) is 4.74 Å². The van der Waals surface area contributed by atoms with E-state index in [-0.39, 0.29) is 6.09 Å². The highest BCUT2D eigenvalue weighted by Crippen LogP contribution is 2.58. The molecule has 0 heterocycles. The van der Waals surface area contributed by atoms with Crippen LogP contribution in [0, 0.1) is 11.3 Å². The molecule has 0 aromatic carbocycles. The van der Waals surface area contributed by atoms with Crippen LogP contribution >= 0.6 is 15.9 Å². The highest BCUT2D eigenvalue weighted by atomic mass is 79.9. The summed E-state index contributed by atoms with van der Waals surface area (Å²) in [6, 6.07) is 0.334. The maximum Gasteiger partial charge on any atom is 0.407 e. The molecular formula is C13H22BrNO2. The minimum Gasteiger partial charge on any atom is -0.444 e. The molecule has 4 heteroatoms. The maximum absolute atomic E-state index is 11.6. The average Bonchev–Trinajstić information content (AvgIpc) is 2.03. The lowest BCUT2D eigenvalue weighted by Gasteiger charge is -2.57. The lowest BCUT2D eigenvalue weighted by atomic mass is 9.50. The summed E-state index contributed by atoms with van der Waals surface area (Å²) in [5.41, 5.74) is 0.154. The van der Waals surface area contributed by atoms with Gasteiger partial charge in [0.2, 0.25) is 0 Å². The summed E-state index contributed by atoms with van der Waals surface area (Å²) in [5.74, 6) is 0.859. The van der Waals surface area contributed by atoms with Crippen LogP contribution in [0.1, 0.15) is 46.5 Å². The normalized spacial score (nSPS) is 36.0. The number of hydrogen-bond donors (Lipinski definition) is 1. The van der Waals surface area contributed by atoms with Crippen LogP contribution < -0.4 is 5.32 Å². The molecular weight excluding hydrogens is 282 g/mol. The molecule has 1 N–H and O–H groups in total. The molecule has 17 heavy (non-hydrogen) atoms. The van der Waals surface area contributed by atoms with Gasteiger partial charge in [0.15, 0.2) is 0 Å². The molecule has 3 nitrogen and oxygen atoms in total. The van der Waals surface area contributed by atoms with E-state index in [9.17, 15) is 4.79 Å². The van der Waals surface area contributed by atoms with Crippen LogP contribution in [0.5, 0.6) is 0 Å². The monoisotopic (exact) mass is 303 g/mol. The van der Waals surface area contributed by atoms with Crippen LogP contribution in [0.15, 0.2) is 0 Å². The first kappa shape index (κ1) is 13.2. The summed E-state index contributed by atoms with van der Waals surface area (Å²) >= 11 is 3.53. The molecule has 0 unspecified atom stereocenters. The fourth-order valence-corrected chi connectivity index (χ4v) is 3.63. The van der Waals surface area contributed by atoms with Crippen molar-refractivity contribution < 1.29 is 9.53 Å². The third-order valence-corrected chi connectivity index (χ3v) is 4.66. The van der Waals surface area contributed by atoms with Crippen molar-refractivity contribution in [1.82, 2.24) is 5.32 Å². The Morgan fingerprint density at radius 2 is 1.94 bits per heavy atom. The average molecular weight is 304 g/mol. The van der Waals surface area contributed by atoms with Crippen molar-refractivity contribution in [3.63, 3.8) is 0 Å². The third kappa shape index (κ3) is 3.15. The zero-order valence-corrected chi connectivity index (χ0v) is 12.5. The Balaban J connectivity index is 1.66. The lowest BCUT2D eigenvalue weighted by Crippen LogP contribution is -2.56. The molecule has 2 saturated carbocycles. The van der Waals surface area contributed by atoms with Crippen molar-refractivity contribution in [3.05, 3.63) is 0 Å². The second-order valence-corrected chi connectivity index (χ2v) is 7.33. The van der Waals surface area contributed by atoms with Gasteiger partial charge in [-0.2, -0.15) is 0 Å². The van der Waals surface area contributed by atoms with Gasteiger partial charge in [0.05, 0.1) is 0 Å². The summed E-state index contributed by atoms with van der Waals surface area (Å²) in [7, 11) is 0. The predicted molar refractivity (Wildman–Crippen MR) is 71.3 cm³/mol. The maximum atomic E-state index is 11.6. The van der Waals surface area contributed by atoms with Crippen molar-refractivity contribution >= 4 is 22.0 Å². The summed E-state index contributed by atoms with van der Waals surface area (Å²) in [6.45, 7) is 5.67. The smallest absolute Gasteiger partial charge is 0.407 e. The van der Waals surface area contributed by atoms with E-state index in [1.165, 1.54) is 12.8 Å². The van der Waals surface area contributed by atoms with Crippen molar-refractivity contribution in [2.45, 2.75) is 58.1 Å². The van der Waals surface area contributed by atoms with E-state index in [0.29, 0.717) is 11.5 Å². The zero-order valence-electron chi connectivity index (χ0n) is 10.9. The van der Waals surface area contributed by atoms with Crippen LogP contribution in [0.3, 0.4) is 0 Å². The summed E-state index contributed by atoms with van der Waals surface area (Å²) < 4.78 is 5.25. The Morgan fingerprint density at radius 3 is 2.41 bits per heavy atom. The largest absolute Gasteiger partial charge is 0.444 e. The van der Waals surface area contributed by atoms with E-state index in [4.69, 9.17) is 4.74 Å².